The number of thioether (sulfide) groups is 2. The maximum absolute atomic E-state index is 11.7. The minimum atomic E-state index is -1.09. The van der Waals surface area contributed by atoms with Crippen LogP contribution >= 0.6 is 23.5 Å². The second-order valence-corrected chi connectivity index (χ2v) is 12.9. The van der Waals surface area contributed by atoms with Gasteiger partial charge in [0.05, 0.1) is 5.39 Å². The normalized spacial score (nSPS) is 15.6. The lowest BCUT2D eigenvalue weighted by Gasteiger charge is -2.27. The van der Waals surface area contributed by atoms with Crippen LogP contribution in [0.25, 0.3) is 22.6 Å². The van der Waals surface area contributed by atoms with E-state index in [0.29, 0.717) is 12.3 Å². The van der Waals surface area contributed by atoms with Gasteiger partial charge >= 0.3 is 11.9 Å². The average molecular weight is 630 g/mol. The third kappa shape index (κ3) is 8.45. The van der Waals surface area contributed by atoms with Gasteiger partial charge in [0.15, 0.2) is 6.20 Å². The zero-order valence-electron chi connectivity index (χ0n) is 25.6. The average Bonchev–Trinajstić information content (AvgIpc) is 3.03. The first-order valence-corrected chi connectivity index (χ1v) is 17.3. The molecule has 0 radical (unpaired) electrons. The predicted molar refractivity (Wildman–Crippen MR) is 186 cm³/mol. The van der Waals surface area contributed by atoms with Crippen molar-refractivity contribution in [3.8, 4) is 0 Å². The highest BCUT2D eigenvalue weighted by atomic mass is 32.2. The van der Waals surface area contributed by atoms with E-state index >= 15 is 0 Å². The summed E-state index contributed by atoms with van der Waals surface area (Å²) in [5.74, 6) is -1.62. The van der Waals surface area contributed by atoms with Gasteiger partial charge in [-0.05, 0) is 48.9 Å². The van der Waals surface area contributed by atoms with Gasteiger partial charge in [-0.1, -0.05) is 73.6 Å². The third-order valence-corrected chi connectivity index (χ3v) is 10.1. The zero-order valence-corrected chi connectivity index (χ0v) is 27.2. The minimum Gasteiger partial charge on any atom is -0.480 e. The highest BCUT2D eigenvalue weighted by Gasteiger charge is 2.33. The zero-order chi connectivity index (χ0) is 31.5. The highest BCUT2D eigenvalue weighted by molar-refractivity contribution is 8.04. The second kappa shape index (κ2) is 16.4. The molecule has 0 aliphatic carbocycles. The van der Waals surface area contributed by atoms with Gasteiger partial charge in [0.25, 0.3) is 0 Å². The molecular formula is C36H41N2O4S2+. The molecule has 0 saturated carbocycles. The van der Waals surface area contributed by atoms with Crippen LogP contribution in [-0.4, -0.2) is 51.2 Å². The van der Waals surface area contributed by atoms with Gasteiger partial charge in [0.2, 0.25) is 5.52 Å². The summed E-state index contributed by atoms with van der Waals surface area (Å²) in [7, 11) is 0. The quantitative estimate of drug-likeness (QED) is 0.101. The molecule has 3 aromatic rings. The summed E-state index contributed by atoms with van der Waals surface area (Å²) < 4.78 is 2.18. The lowest BCUT2D eigenvalue weighted by molar-refractivity contribution is -0.671. The van der Waals surface area contributed by atoms with Crippen molar-refractivity contribution in [3.63, 3.8) is 0 Å². The van der Waals surface area contributed by atoms with Crippen LogP contribution in [0.1, 0.15) is 44.2 Å². The number of aliphatic carboxylic acids is 2. The smallest absolute Gasteiger partial charge is 0.318 e. The molecule has 2 N–H and O–H groups in total. The highest BCUT2D eigenvalue weighted by Crippen LogP contribution is 2.33. The Morgan fingerprint density at radius 1 is 1.00 bits per heavy atom. The molecule has 0 bridgehead atoms. The maximum Gasteiger partial charge on any atom is 0.318 e. The van der Waals surface area contributed by atoms with E-state index in [1.165, 1.54) is 35.0 Å². The summed E-state index contributed by atoms with van der Waals surface area (Å²) in [6, 6.07) is 19.0. The molecule has 6 nitrogen and oxygen atoms in total. The van der Waals surface area contributed by atoms with Crippen LogP contribution in [0.2, 0.25) is 0 Å². The van der Waals surface area contributed by atoms with E-state index in [4.69, 9.17) is 0 Å². The van der Waals surface area contributed by atoms with Crippen LogP contribution in [0.3, 0.4) is 0 Å². The molecule has 8 heteroatoms. The van der Waals surface area contributed by atoms with Crippen molar-refractivity contribution in [2.24, 2.45) is 0 Å². The van der Waals surface area contributed by atoms with Crippen LogP contribution in [-0.2, 0) is 16.1 Å². The number of unbranched alkanes of at least 4 members (excludes halogenated alkanes) is 1. The fraction of sp³-hybridized carbons (Fsp3) is 0.306. The number of nitrogens with zero attached hydrogens (tertiary/aromatic N) is 2. The molecule has 4 rings (SSSR count). The molecule has 2 aromatic carbocycles. The molecule has 1 aromatic heterocycles. The Hall–Kier alpha value is -3.75. The number of benzene rings is 2. The number of para-hydroxylation sites is 2. The number of rotatable bonds is 15. The lowest BCUT2D eigenvalue weighted by atomic mass is 9.99. The molecule has 0 saturated heterocycles. The fourth-order valence-electron chi connectivity index (χ4n) is 5.21. The summed E-state index contributed by atoms with van der Waals surface area (Å²) in [6.45, 7) is 6.06. The molecule has 44 heavy (non-hydrogen) atoms. The third-order valence-electron chi connectivity index (χ3n) is 7.58. The first-order chi connectivity index (χ1) is 21.3. The number of carboxylic acid groups (broad SMARTS) is 2. The van der Waals surface area contributed by atoms with Gasteiger partial charge in [-0.2, -0.15) is 4.57 Å². The molecule has 230 valence electrons. The number of aryl methyl sites for hydroxylation is 1. The van der Waals surface area contributed by atoms with Gasteiger partial charge in [-0.15, -0.1) is 23.5 Å². The molecule has 2 atom stereocenters. The van der Waals surface area contributed by atoms with E-state index in [1.54, 1.807) is 6.26 Å². The number of carboxylic acids is 2. The summed E-state index contributed by atoms with van der Waals surface area (Å²) in [5.41, 5.74) is 7.07. The summed E-state index contributed by atoms with van der Waals surface area (Å²) in [5, 5.41) is 18.1. The van der Waals surface area contributed by atoms with E-state index in [1.807, 2.05) is 12.1 Å². The van der Waals surface area contributed by atoms with Crippen molar-refractivity contribution in [2.45, 2.75) is 50.2 Å². The van der Waals surface area contributed by atoms with E-state index in [9.17, 15) is 19.8 Å². The molecular weight excluding hydrogens is 589 g/mol. The van der Waals surface area contributed by atoms with Crippen molar-refractivity contribution in [2.75, 3.05) is 23.5 Å². The molecule has 0 amide bonds. The number of fused-ring (bicyclic) bond motifs is 2. The predicted octanol–water partition coefficient (Wildman–Crippen LogP) is 7.70. The summed E-state index contributed by atoms with van der Waals surface area (Å²) in [4.78, 5) is 25.5. The maximum atomic E-state index is 11.7. The number of hydrogen-bond donors (Lipinski definition) is 2. The first-order valence-electron chi connectivity index (χ1n) is 15.0. The van der Waals surface area contributed by atoms with Crippen LogP contribution in [0.15, 0.2) is 96.9 Å². The summed E-state index contributed by atoms with van der Waals surface area (Å²) >= 11 is 2.26. The molecule has 1 aliphatic rings. The standard InChI is InChI=1S/C36H40N2O4S2/c1-4-5-21-37-23-19-27(29-11-6-8-13-31(29)37)17-15-26(2)16-18-28-20-24-38(32-14-9-7-12-30(28)32)22-10-25-44-34(36(41)42)33(43-3)35(39)40/h6-9,11-20,23-24,33-34H,4-5,10,21-22,25H2,1-3H3,(H-,39,40,41,42)/p+1. The lowest BCUT2D eigenvalue weighted by Crippen LogP contribution is -2.36. The van der Waals surface area contributed by atoms with Crippen molar-refractivity contribution in [3.05, 3.63) is 108 Å². The van der Waals surface area contributed by atoms with Gasteiger partial charge < -0.3 is 15.1 Å². The van der Waals surface area contributed by atoms with E-state index in [2.05, 4.69) is 109 Å². The van der Waals surface area contributed by atoms with Crippen molar-refractivity contribution < 1.29 is 24.4 Å². The van der Waals surface area contributed by atoms with Crippen molar-refractivity contribution in [1.82, 2.24) is 0 Å². The number of anilines is 1. The molecule has 0 spiro atoms. The number of hydrogen-bond acceptors (Lipinski definition) is 5. The Labute approximate surface area is 268 Å². The largest absolute Gasteiger partial charge is 0.480 e. The molecule has 0 fully saturated rings. The van der Waals surface area contributed by atoms with Crippen molar-refractivity contribution in [1.29, 1.82) is 0 Å². The van der Waals surface area contributed by atoms with Crippen LogP contribution in [0.4, 0.5) is 5.69 Å². The van der Waals surface area contributed by atoms with Crippen LogP contribution in [0.5, 0.6) is 0 Å². The molecule has 1 aliphatic heterocycles. The number of carbonyl (C=O) groups is 2. The monoisotopic (exact) mass is 629 g/mol. The van der Waals surface area contributed by atoms with Crippen LogP contribution in [0, 0.1) is 0 Å². The second-order valence-electron chi connectivity index (χ2n) is 10.7. The van der Waals surface area contributed by atoms with E-state index in [0.717, 1.165) is 53.2 Å². The number of allylic oxidation sites excluding steroid dienone is 6. The molecule has 2 heterocycles. The Bertz CT molecular complexity index is 1590. The Morgan fingerprint density at radius 2 is 1.75 bits per heavy atom. The number of pyridine rings is 1. The van der Waals surface area contributed by atoms with Gasteiger partial charge in [0, 0.05) is 48.3 Å². The SMILES string of the molecule is CCCCN1C=C/C(=C/C=C(C)/C=C/c2cc[n+](CCCSC(C(=O)O)C(SC)C(=O)O)c3ccccc23)c2ccccc21. The van der Waals surface area contributed by atoms with E-state index in [-0.39, 0.29) is 0 Å². The summed E-state index contributed by atoms with van der Waals surface area (Å²) in [6.07, 6.45) is 19.8. The Balaban J connectivity index is 1.45. The Kier molecular flexibility index (Phi) is 12.3. The number of aromatic nitrogens is 1. The Morgan fingerprint density at radius 3 is 2.50 bits per heavy atom. The van der Waals surface area contributed by atoms with E-state index < -0.39 is 22.4 Å². The fourth-order valence-corrected chi connectivity index (χ4v) is 7.33. The van der Waals surface area contributed by atoms with Gasteiger partial charge in [0.1, 0.15) is 17.0 Å². The minimum absolute atomic E-state index is 0.556. The van der Waals surface area contributed by atoms with Crippen molar-refractivity contribution >= 4 is 63.7 Å². The van der Waals surface area contributed by atoms with Gasteiger partial charge in [-0.3, -0.25) is 9.59 Å². The van der Waals surface area contributed by atoms with Gasteiger partial charge in [-0.25, -0.2) is 0 Å². The van der Waals surface area contributed by atoms with Crippen LogP contribution < -0.4 is 9.47 Å². The topological polar surface area (TPSA) is 81.7 Å². The molecule has 2 unspecified atom stereocenters. The first kappa shape index (κ1) is 33.1.